The van der Waals surface area contributed by atoms with Gasteiger partial charge in [-0.1, -0.05) is 11.6 Å². The van der Waals surface area contributed by atoms with Gasteiger partial charge in [-0.05, 0) is 18.6 Å². The molecule has 5 heteroatoms. The van der Waals surface area contributed by atoms with Gasteiger partial charge in [-0.15, -0.1) is 0 Å². The van der Waals surface area contributed by atoms with Gasteiger partial charge >= 0.3 is 0 Å². The van der Waals surface area contributed by atoms with E-state index in [9.17, 15) is 9.50 Å². The summed E-state index contributed by atoms with van der Waals surface area (Å²) in [6.45, 7) is 1.35. The van der Waals surface area contributed by atoms with E-state index in [-0.39, 0.29) is 22.9 Å². The molecule has 0 heterocycles. The average Bonchev–Trinajstić information content (AvgIpc) is 2.09. The highest BCUT2D eigenvalue weighted by Crippen LogP contribution is 2.31. The molecule has 3 N–H and O–H groups in total. The largest absolute Gasteiger partial charge is 0.506 e. The zero-order valence-corrected chi connectivity index (χ0v) is 7.69. The van der Waals surface area contributed by atoms with Crippen LogP contribution in [-0.4, -0.2) is 10.3 Å². The first-order valence-electron chi connectivity index (χ1n) is 3.61. The molecule has 0 aromatic heterocycles. The summed E-state index contributed by atoms with van der Waals surface area (Å²) in [4.78, 5) is 0. The third kappa shape index (κ3) is 1.91. The van der Waals surface area contributed by atoms with Crippen molar-refractivity contribution in [3.05, 3.63) is 28.0 Å². The Morgan fingerprint density at radius 1 is 1.62 bits per heavy atom. The Balaban J connectivity index is 3.28. The van der Waals surface area contributed by atoms with Crippen LogP contribution in [0.15, 0.2) is 6.07 Å². The summed E-state index contributed by atoms with van der Waals surface area (Å²) in [7, 11) is 0. The van der Waals surface area contributed by atoms with Gasteiger partial charge in [0.05, 0.1) is 11.6 Å². The number of phenolic OH excluding ortho intramolecular Hbond substituents is 1. The van der Waals surface area contributed by atoms with E-state index < -0.39 is 5.82 Å². The predicted octanol–water partition coefficient (Wildman–Crippen LogP) is 1.97. The third-order valence-corrected chi connectivity index (χ3v) is 2.01. The molecule has 0 aliphatic heterocycles. The topological polar surface area (TPSA) is 52.5 Å². The minimum absolute atomic E-state index is 0.0347. The van der Waals surface area contributed by atoms with Gasteiger partial charge in [0.1, 0.15) is 11.6 Å². The van der Waals surface area contributed by atoms with Crippen molar-refractivity contribution in [1.29, 1.82) is 0 Å². The maximum absolute atomic E-state index is 13.3. The van der Waals surface area contributed by atoms with Crippen molar-refractivity contribution in [2.75, 3.05) is 0 Å². The fourth-order valence-corrected chi connectivity index (χ4v) is 1.33. The molecule has 1 aromatic rings. The van der Waals surface area contributed by atoms with Crippen LogP contribution in [0.1, 0.15) is 11.1 Å². The maximum Gasteiger partial charge on any atom is 0.141 e. The number of aryl methyl sites for hydroxylation is 1. The summed E-state index contributed by atoms with van der Waals surface area (Å²) >= 11 is 5.60. The first-order chi connectivity index (χ1) is 6.07. The molecule has 0 saturated heterocycles. The smallest absolute Gasteiger partial charge is 0.141 e. The van der Waals surface area contributed by atoms with Crippen LogP contribution in [0.25, 0.3) is 0 Å². The number of hydroxylamine groups is 1. The van der Waals surface area contributed by atoms with E-state index in [0.717, 1.165) is 0 Å². The van der Waals surface area contributed by atoms with Crippen LogP contribution >= 0.6 is 11.6 Å². The van der Waals surface area contributed by atoms with Gasteiger partial charge in [-0.2, -0.15) is 0 Å². The van der Waals surface area contributed by atoms with Crippen LogP contribution in [0.2, 0.25) is 5.02 Å². The molecule has 0 unspecified atom stereocenters. The lowest BCUT2D eigenvalue weighted by molar-refractivity contribution is 0.158. The van der Waals surface area contributed by atoms with E-state index in [1.54, 1.807) is 5.48 Å². The summed E-state index contributed by atoms with van der Waals surface area (Å²) in [6, 6.07) is 1.33. The van der Waals surface area contributed by atoms with Crippen molar-refractivity contribution >= 4 is 11.6 Å². The van der Waals surface area contributed by atoms with Crippen LogP contribution in [0.5, 0.6) is 5.75 Å². The molecule has 13 heavy (non-hydrogen) atoms. The first-order valence-corrected chi connectivity index (χ1v) is 3.99. The van der Waals surface area contributed by atoms with Gasteiger partial charge in [0, 0.05) is 5.56 Å². The fourth-order valence-electron chi connectivity index (χ4n) is 1.05. The van der Waals surface area contributed by atoms with E-state index in [4.69, 9.17) is 16.8 Å². The Kier molecular flexibility index (Phi) is 3.08. The number of aromatic hydroxyl groups is 1. The number of halogens is 2. The molecule has 3 nitrogen and oxygen atoms in total. The van der Waals surface area contributed by atoms with Crippen LogP contribution in [-0.2, 0) is 6.54 Å². The Bertz CT molecular complexity index is 304. The molecule has 0 saturated carbocycles. The van der Waals surface area contributed by atoms with Crippen molar-refractivity contribution in [3.8, 4) is 5.75 Å². The van der Waals surface area contributed by atoms with Gasteiger partial charge in [-0.25, -0.2) is 9.87 Å². The second-order valence-corrected chi connectivity index (χ2v) is 3.06. The highest BCUT2D eigenvalue weighted by molar-refractivity contribution is 6.32. The maximum atomic E-state index is 13.3. The normalized spacial score (nSPS) is 10.5. The molecule has 0 bridgehead atoms. The van der Waals surface area contributed by atoms with Crippen molar-refractivity contribution in [3.63, 3.8) is 0 Å². The number of rotatable bonds is 2. The van der Waals surface area contributed by atoms with Gasteiger partial charge in [0.2, 0.25) is 0 Å². The second-order valence-electron chi connectivity index (χ2n) is 2.65. The van der Waals surface area contributed by atoms with E-state index in [1.807, 2.05) is 0 Å². The van der Waals surface area contributed by atoms with Crippen LogP contribution in [0.3, 0.4) is 0 Å². The molecule has 0 fully saturated rings. The van der Waals surface area contributed by atoms with E-state index in [1.165, 1.54) is 13.0 Å². The average molecular weight is 206 g/mol. The molecule has 1 aromatic carbocycles. The predicted molar refractivity (Wildman–Crippen MR) is 46.4 cm³/mol. The Hall–Kier alpha value is -0.840. The minimum Gasteiger partial charge on any atom is -0.506 e. The molecule has 0 spiro atoms. The van der Waals surface area contributed by atoms with E-state index >= 15 is 0 Å². The molecule has 72 valence electrons. The van der Waals surface area contributed by atoms with Gasteiger partial charge in [-0.3, -0.25) is 0 Å². The highest BCUT2D eigenvalue weighted by Gasteiger charge is 2.13. The third-order valence-electron chi connectivity index (χ3n) is 1.72. The second kappa shape index (κ2) is 3.91. The summed E-state index contributed by atoms with van der Waals surface area (Å²) in [5, 5.41) is 17.8. The molecular weight excluding hydrogens is 197 g/mol. The SMILES string of the molecule is Cc1cc(Cl)c(O)c(CNO)c1F. The van der Waals surface area contributed by atoms with Gasteiger partial charge < -0.3 is 10.3 Å². The van der Waals surface area contributed by atoms with E-state index in [2.05, 4.69) is 0 Å². The van der Waals surface area contributed by atoms with Gasteiger partial charge in [0.25, 0.3) is 0 Å². The molecule has 1 rings (SSSR count). The monoisotopic (exact) mass is 205 g/mol. The Labute approximate surface area is 79.7 Å². The first kappa shape index (κ1) is 10.2. The molecule has 0 amide bonds. The Morgan fingerprint density at radius 2 is 2.23 bits per heavy atom. The lowest BCUT2D eigenvalue weighted by Crippen LogP contribution is -2.09. The van der Waals surface area contributed by atoms with Crippen molar-refractivity contribution in [2.45, 2.75) is 13.5 Å². The molecule has 0 aliphatic rings. The summed E-state index contributed by atoms with van der Waals surface area (Å²) in [5.41, 5.74) is 2.05. The highest BCUT2D eigenvalue weighted by atomic mass is 35.5. The van der Waals surface area contributed by atoms with Crippen molar-refractivity contribution < 1.29 is 14.7 Å². The minimum atomic E-state index is -0.566. The van der Waals surface area contributed by atoms with Crippen LogP contribution in [0.4, 0.5) is 4.39 Å². The van der Waals surface area contributed by atoms with Crippen molar-refractivity contribution in [1.82, 2.24) is 5.48 Å². The van der Waals surface area contributed by atoms with E-state index in [0.29, 0.717) is 5.56 Å². The number of phenols is 1. The summed E-state index contributed by atoms with van der Waals surface area (Å²) in [5.74, 6) is -0.908. The number of hydrogen-bond donors (Lipinski definition) is 3. The number of hydrogen-bond acceptors (Lipinski definition) is 3. The zero-order valence-electron chi connectivity index (χ0n) is 6.93. The van der Waals surface area contributed by atoms with Gasteiger partial charge in [0.15, 0.2) is 0 Å². The molecule has 0 radical (unpaired) electrons. The molecule has 0 aliphatic carbocycles. The quantitative estimate of drug-likeness (QED) is 0.647. The zero-order chi connectivity index (χ0) is 10.0. The lowest BCUT2D eigenvalue weighted by atomic mass is 10.1. The molecule has 0 atom stereocenters. The fraction of sp³-hybridized carbons (Fsp3) is 0.250. The van der Waals surface area contributed by atoms with Crippen LogP contribution < -0.4 is 5.48 Å². The summed E-state index contributed by atoms with van der Waals surface area (Å²) in [6.07, 6.45) is 0. The van der Waals surface area contributed by atoms with Crippen molar-refractivity contribution in [2.24, 2.45) is 0 Å². The Morgan fingerprint density at radius 3 is 2.77 bits per heavy atom. The lowest BCUT2D eigenvalue weighted by Gasteiger charge is -2.08. The number of nitrogens with one attached hydrogen (secondary N) is 1. The number of benzene rings is 1. The standard InChI is InChI=1S/C8H9ClFNO2/c1-4-2-6(9)8(12)5(3-11-13)7(4)10/h2,11-13H,3H2,1H3. The molecular formula is C8H9ClFNO2. The summed E-state index contributed by atoms with van der Waals surface area (Å²) < 4.78 is 13.3. The van der Waals surface area contributed by atoms with Crippen LogP contribution in [0, 0.1) is 12.7 Å².